The molecule has 0 aromatic heterocycles. The van der Waals surface area contributed by atoms with E-state index in [1.807, 2.05) is 42.5 Å². The van der Waals surface area contributed by atoms with Crippen molar-refractivity contribution in [2.24, 2.45) is 0 Å². The predicted molar refractivity (Wildman–Crippen MR) is 110 cm³/mol. The summed E-state index contributed by atoms with van der Waals surface area (Å²) in [5.74, 6) is -0.448. The highest BCUT2D eigenvalue weighted by Gasteiger charge is 2.51. The Balaban J connectivity index is 1.58. The molecule has 0 bridgehead atoms. The van der Waals surface area contributed by atoms with Crippen molar-refractivity contribution >= 4 is 27.9 Å². The third-order valence-electron chi connectivity index (χ3n) is 5.46. The van der Waals surface area contributed by atoms with Crippen LogP contribution in [-0.4, -0.2) is 22.9 Å². The van der Waals surface area contributed by atoms with Crippen molar-refractivity contribution in [3.8, 4) is 16.9 Å². The minimum atomic E-state index is -0.820. The summed E-state index contributed by atoms with van der Waals surface area (Å²) in [6.07, 6.45) is 4.31. The van der Waals surface area contributed by atoms with E-state index in [0.29, 0.717) is 29.7 Å². The van der Waals surface area contributed by atoms with Crippen LogP contribution in [0.4, 0.5) is 0 Å². The van der Waals surface area contributed by atoms with E-state index in [-0.39, 0.29) is 5.33 Å². The lowest BCUT2D eigenvalue weighted by atomic mass is 9.79. The van der Waals surface area contributed by atoms with Gasteiger partial charge in [-0.3, -0.25) is 0 Å². The van der Waals surface area contributed by atoms with Gasteiger partial charge < -0.3 is 9.47 Å². The van der Waals surface area contributed by atoms with Crippen LogP contribution in [0.3, 0.4) is 0 Å². The van der Waals surface area contributed by atoms with Gasteiger partial charge in [0.05, 0.1) is 11.1 Å². The maximum Gasteiger partial charge on any atom is 0.344 e. The normalized spacial score (nSPS) is 18.2. The van der Waals surface area contributed by atoms with Gasteiger partial charge in [0.2, 0.25) is 0 Å². The minimum absolute atomic E-state index is 0.283. The monoisotopic (exact) mass is 440 g/mol. The second-order valence-electron chi connectivity index (χ2n) is 7.21. The van der Waals surface area contributed by atoms with Crippen molar-refractivity contribution in [3.05, 3.63) is 65.7 Å². The number of carbonyl (C=O) groups excluding carboxylic acids is 2. The zero-order valence-corrected chi connectivity index (χ0v) is 17.0. The molecule has 0 unspecified atom stereocenters. The smallest absolute Gasteiger partial charge is 0.344 e. The van der Waals surface area contributed by atoms with Crippen LogP contribution in [0.5, 0.6) is 5.75 Å². The number of alkyl halides is 1. The van der Waals surface area contributed by atoms with Gasteiger partial charge >= 0.3 is 11.9 Å². The van der Waals surface area contributed by atoms with Gasteiger partial charge in [-0.1, -0.05) is 64.8 Å². The summed E-state index contributed by atoms with van der Waals surface area (Å²) >= 11 is 3.33. The Labute approximate surface area is 172 Å². The summed E-state index contributed by atoms with van der Waals surface area (Å²) in [6.45, 7) is 0. The average Bonchev–Trinajstić information content (AvgIpc) is 3.00. The first-order chi connectivity index (χ1) is 13.6. The average molecular weight is 441 g/mol. The highest BCUT2D eigenvalue weighted by molar-refractivity contribution is 9.09. The standard InChI is InChI=1S/C23H21BrO4/c24-15-19-20(23(28-21(19)25)13-5-2-6-14-23)22(26)27-18-11-9-17(10-12-18)16-7-3-1-4-8-16/h1,3-4,7-12H,2,5-6,13-15H2. The number of hydrogen-bond donors (Lipinski definition) is 0. The second kappa shape index (κ2) is 7.92. The Bertz CT molecular complexity index is 909. The van der Waals surface area contributed by atoms with Gasteiger partial charge in [-0.2, -0.15) is 0 Å². The first-order valence-corrected chi connectivity index (χ1v) is 10.7. The van der Waals surface area contributed by atoms with Crippen LogP contribution < -0.4 is 4.74 Å². The molecule has 1 aliphatic heterocycles. The topological polar surface area (TPSA) is 52.6 Å². The molecule has 144 valence electrons. The summed E-state index contributed by atoms with van der Waals surface area (Å²) in [7, 11) is 0. The molecule has 4 nitrogen and oxygen atoms in total. The molecule has 0 saturated heterocycles. The largest absolute Gasteiger partial charge is 0.450 e. The Hall–Kier alpha value is -2.40. The van der Waals surface area contributed by atoms with Crippen molar-refractivity contribution in [1.29, 1.82) is 0 Å². The number of benzene rings is 2. The molecular weight excluding hydrogens is 420 g/mol. The van der Waals surface area contributed by atoms with Crippen molar-refractivity contribution < 1.29 is 19.1 Å². The van der Waals surface area contributed by atoms with Crippen LogP contribution in [0.2, 0.25) is 0 Å². The Kier molecular flexibility index (Phi) is 5.36. The fourth-order valence-corrected chi connectivity index (χ4v) is 4.59. The van der Waals surface area contributed by atoms with Gasteiger partial charge in [0.15, 0.2) is 0 Å². The molecule has 0 atom stereocenters. The molecule has 4 rings (SSSR count). The number of esters is 2. The van der Waals surface area contributed by atoms with Crippen LogP contribution >= 0.6 is 15.9 Å². The number of carbonyl (C=O) groups is 2. The van der Waals surface area contributed by atoms with Crippen molar-refractivity contribution in [3.63, 3.8) is 0 Å². The van der Waals surface area contributed by atoms with Crippen LogP contribution in [0.15, 0.2) is 65.7 Å². The maximum absolute atomic E-state index is 13.0. The SMILES string of the molecule is O=C1OC2(CCCCC2)C(C(=O)Oc2ccc(-c3ccccc3)cc2)=C1CBr. The Morgan fingerprint density at radius 3 is 2.25 bits per heavy atom. The summed E-state index contributed by atoms with van der Waals surface area (Å²) in [5, 5.41) is 0.283. The quantitative estimate of drug-likeness (QED) is 0.371. The second-order valence-corrected chi connectivity index (χ2v) is 7.77. The molecule has 1 heterocycles. The zero-order chi connectivity index (χ0) is 19.6. The van der Waals surface area contributed by atoms with Crippen LogP contribution in [-0.2, 0) is 14.3 Å². The van der Waals surface area contributed by atoms with E-state index in [0.717, 1.165) is 30.4 Å². The summed E-state index contributed by atoms with van der Waals surface area (Å²) < 4.78 is 11.3. The molecule has 2 aromatic carbocycles. The van der Waals surface area contributed by atoms with Gasteiger partial charge in [0.1, 0.15) is 11.4 Å². The van der Waals surface area contributed by atoms with Crippen LogP contribution in [0, 0.1) is 0 Å². The number of rotatable bonds is 4. The molecule has 2 aliphatic rings. The first kappa shape index (κ1) is 18.9. The lowest BCUT2D eigenvalue weighted by Crippen LogP contribution is -2.38. The van der Waals surface area contributed by atoms with E-state index in [2.05, 4.69) is 15.9 Å². The minimum Gasteiger partial charge on any atom is -0.450 e. The summed E-state index contributed by atoms with van der Waals surface area (Å²) in [6, 6.07) is 17.4. The molecule has 5 heteroatoms. The number of hydrogen-bond acceptors (Lipinski definition) is 4. The molecule has 2 aromatic rings. The van der Waals surface area contributed by atoms with E-state index in [9.17, 15) is 9.59 Å². The molecule has 0 radical (unpaired) electrons. The number of ether oxygens (including phenoxy) is 2. The Morgan fingerprint density at radius 1 is 0.964 bits per heavy atom. The number of halogens is 1. The fraction of sp³-hybridized carbons (Fsp3) is 0.304. The van der Waals surface area contributed by atoms with Gasteiger partial charge in [-0.25, -0.2) is 9.59 Å². The molecule has 1 aliphatic carbocycles. The third-order valence-corrected chi connectivity index (χ3v) is 6.02. The van der Waals surface area contributed by atoms with E-state index in [4.69, 9.17) is 9.47 Å². The molecule has 1 saturated carbocycles. The highest BCUT2D eigenvalue weighted by atomic mass is 79.9. The van der Waals surface area contributed by atoms with Gasteiger partial charge in [0.25, 0.3) is 0 Å². The molecule has 28 heavy (non-hydrogen) atoms. The molecule has 1 fully saturated rings. The highest BCUT2D eigenvalue weighted by Crippen LogP contribution is 2.44. The van der Waals surface area contributed by atoms with E-state index >= 15 is 0 Å². The first-order valence-electron chi connectivity index (χ1n) is 9.53. The van der Waals surface area contributed by atoms with Crippen molar-refractivity contribution in [1.82, 2.24) is 0 Å². The molecule has 1 spiro atoms. The van der Waals surface area contributed by atoms with Crippen molar-refractivity contribution in [2.75, 3.05) is 5.33 Å². The van der Waals surface area contributed by atoms with E-state index in [1.54, 1.807) is 12.1 Å². The van der Waals surface area contributed by atoms with E-state index in [1.165, 1.54) is 0 Å². The summed E-state index contributed by atoms with van der Waals surface area (Å²) in [5.41, 5.74) is 2.10. The lowest BCUT2D eigenvalue weighted by molar-refractivity contribution is -0.150. The molecular formula is C23H21BrO4. The van der Waals surface area contributed by atoms with Crippen LogP contribution in [0.1, 0.15) is 32.1 Å². The zero-order valence-electron chi connectivity index (χ0n) is 15.4. The Morgan fingerprint density at radius 2 is 1.61 bits per heavy atom. The summed E-state index contributed by atoms with van der Waals surface area (Å²) in [4.78, 5) is 25.4. The maximum atomic E-state index is 13.0. The molecule has 0 amide bonds. The van der Waals surface area contributed by atoms with E-state index < -0.39 is 17.5 Å². The third kappa shape index (κ3) is 3.51. The predicted octanol–water partition coefficient (Wildman–Crippen LogP) is 5.21. The van der Waals surface area contributed by atoms with Gasteiger partial charge in [-0.05, 0) is 48.9 Å². The van der Waals surface area contributed by atoms with Gasteiger partial charge in [0, 0.05) is 5.33 Å². The van der Waals surface area contributed by atoms with Crippen LogP contribution in [0.25, 0.3) is 11.1 Å². The fourth-order valence-electron chi connectivity index (χ4n) is 4.08. The lowest BCUT2D eigenvalue weighted by Gasteiger charge is -2.33. The molecule has 0 N–H and O–H groups in total. The van der Waals surface area contributed by atoms with Gasteiger partial charge in [-0.15, -0.1) is 0 Å². The van der Waals surface area contributed by atoms with Crippen molar-refractivity contribution in [2.45, 2.75) is 37.7 Å².